The predicted molar refractivity (Wildman–Crippen MR) is 125 cm³/mol. The molecule has 1 aliphatic carbocycles. The van der Waals surface area contributed by atoms with Crippen LogP contribution in [0.1, 0.15) is 37.9 Å². The molecular formula is C26H28NO2P. The molecule has 3 aromatic carbocycles. The monoisotopic (exact) mass is 417 g/mol. The molecule has 0 saturated carbocycles. The fraction of sp³-hybridized carbons (Fsp3) is 0.269. The van der Waals surface area contributed by atoms with E-state index in [0.29, 0.717) is 0 Å². The van der Waals surface area contributed by atoms with Gasteiger partial charge in [-0.25, -0.2) is 4.79 Å². The Morgan fingerprint density at radius 1 is 0.867 bits per heavy atom. The minimum Gasteiger partial charge on any atom is -0.444 e. The maximum atomic E-state index is 12.7. The quantitative estimate of drug-likeness (QED) is 0.584. The smallest absolute Gasteiger partial charge is 0.408 e. The Labute approximate surface area is 180 Å². The maximum absolute atomic E-state index is 12.7. The van der Waals surface area contributed by atoms with Crippen LogP contribution >= 0.6 is 7.92 Å². The van der Waals surface area contributed by atoms with E-state index in [1.165, 1.54) is 21.7 Å². The van der Waals surface area contributed by atoms with Gasteiger partial charge in [-0.15, -0.1) is 0 Å². The molecule has 1 N–H and O–H groups in total. The van der Waals surface area contributed by atoms with Crippen LogP contribution in [-0.2, 0) is 11.2 Å². The van der Waals surface area contributed by atoms with Crippen molar-refractivity contribution in [3.05, 3.63) is 96.1 Å². The normalized spacial score (nSPS) is 18.1. The van der Waals surface area contributed by atoms with Gasteiger partial charge in [0, 0.05) is 5.66 Å². The summed E-state index contributed by atoms with van der Waals surface area (Å²) in [4.78, 5) is 12.7. The molecule has 3 nitrogen and oxygen atoms in total. The summed E-state index contributed by atoms with van der Waals surface area (Å²) in [5, 5.41) is 5.87. The molecule has 3 aromatic rings. The number of carbonyl (C=O) groups is 1. The molecule has 1 aliphatic rings. The van der Waals surface area contributed by atoms with Crippen molar-refractivity contribution in [1.29, 1.82) is 0 Å². The Balaban J connectivity index is 1.74. The van der Waals surface area contributed by atoms with Crippen LogP contribution in [0.3, 0.4) is 0 Å². The van der Waals surface area contributed by atoms with Crippen LogP contribution in [0.25, 0.3) is 0 Å². The number of alkyl carbamates (subject to hydrolysis) is 1. The molecule has 1 amide bonds. The number of carbonyl (C=O) groups excluding carboxylic acids is 1. The van der Waals surface area contributed by atoms with Crippen molar-refractivity contribution < 1.29 is 9.53 Å². The van der Waals surface area contributed by atoms with Crippen molar-refractivity contribution in [2.45, 2.75) is 44.5 Å². The standard InChI is InChI=1S/C26H28NO2P/c1-26(2,3)29-25(28)27-24-22-17-11-10-12-19(22)18-23(24)30(20-13-6-4-7-14-20)21-15-8-5-9-16-21/h4-17,23-24H,18H2,1-3H3,(H,27,28)/t23-,24-/m0/s1. The number of ether oxygens (including phenoxy) is 1. The molecule has 4 heteroatoms. The Morgan fingerprint density at radius 3 is 1.97 bits per heavy atom. The van der Waals surface area contributed by atoms with E-state index in [4.69, 9.17) is 4.74 Å². The van der Waals surface area contributed by atoms with Crippen LogP contribution in [0.15, 0.2) is 84.9 Å². The summed E-state index contributed by atoms with van der Waals surface area (Å²) in [7, 11) is -0.672. The predicted octanol–water partition coefficient (Wildman–Crippen LogP) is 5.31. The van der Waals surface area contributed by atoms with Crippen molar-refractivity contribution in [3.8, 4) is 0 Å². The lowest BCUT2D eigenvalue weighted by molar-refractivity contribution is 0.0504. The third-order valence-electron chi connectivity index (χ3n) is 5.28. The third kappa shape index (κ3) is 4.57. The van der Waals surface area contributed by atoms with Gasteiger partial charge in [-0.2, -0.15) is 0 Å². The van der Waals surface area contributed by atoms with Crippen molar-refractivity contribution in [2.24, 2.45) is 0 Å². The molecule has 0 unspecified atom stereocenters. The Hall–Kier alpha value is -2.64. The molecule has 4 rings (SSSR count). The minimum absolute atomic E-state index is 0.0810. The van der Waals surface area contributed by atoms with E-state index in [-0.39, 0.29) is 17.8 Å². The van der Waals surface area contributed by atoms with Gasteiger partial charge in [0.2, 0.25) is 0 Å². The molecule has 2 atom stereocenters. The molecule has 0 spiro atoms. The molecule has 0 saturated heterocycles. The second-order valence-corrected chi connectivity index (χ2v) is 11.1. The topological polar surface area (TPSA) is 38.3 Å². The number of hydrogen-bond acceptors (Lipinski definition) is 2. The summed E-state index contributed by atoms with van der Waals surface area (Å²) in [6, 6.07) is 29.8. The zero-order valence-electron chi connectivity index (χ0n) is 17.7. The van der Waals surface area contributed by atoms with E-state index in [9.17, 15) is 4.79 Å². The zero-order chi connectivity index (χ0) is 21.1. The Morgan fingerprint density at radius 2 is 1.40 bits per heavy atom. The van der Waals surface area contributed by atoms with Crippen molar-refractivity contribution in [3.63, 3.8) is 0 Å². The molecule has 0 radical (unpaired) electrons. The lowest BCUT2D eigenvalue weighted by atomic mass is 10.1. The molecule has 0 bridgehead atoms. The summed E-state index contributed by atoms with van der Waals surface area (Å²) >= 11 is 0. The van der Waals surface area contributed by atoms with Crippen molar-refractivity contribution in [2.75, 3.05) is 0 Å². The average molecular weight is 417 g/mol. The van der Waals surface area contributed by atoms with E-state index >= 15 is 0 Å². The van der Waals surface area contributed by atoms with Crippen LogP contribution < -0.4 is 15.9 Å². The lowest BCUT2D eigenvalue weighted by Gasteiger charge is -2.31. The van der Waals surface area contributed by atoms with Gasteiger partial charge in [-0.3, -0.25) is 0 Å². The van der Waals surface area contributed by atoms with Gasteiger partial charge in [0.25, 0.3) is 0 Å². The summed E-state index contributed by atoms with van der Waals surface area (Å²) < 4.78 is 5.61. The fourth-order valence-corrected chi connectivity index (χ4v) is 7.10. The number of amides is 1. The summed E-state index contributed by atoms with van der Waals surface area (Å²) in [6.45, 7) is 5.69. The molecule has 0 aliphatic heterocycles. The first-order valence-corrected chi connectivity index (χ1v) is 11.8. The minimum atomic E-state index is -0.672. The van der Waals surface area contributed by atoms with E-state index < -0.39 is 13.5 Å². The number of nitrogens with one attached hydrogen (secondary N) is 1. The maximum Gasteiger partial charge on any atom is 0.408 e. The second kappa shape index (κ2) is 8.62. The highest BCUT2D eigenvalue weighted by Gasteiger charge is 2.40. The number of rotatable bonds is 4. The second-order valence-electron chi connectivity index (χ2n) is 8.64. The first-order valence-electron chi connectivity index (χ1n) is 10.4. The van der Waals surface area contributed by atoms with Crippen LogP contribution in [0.4, 0.5) is 4.79 Å². The molecule has 0 aromatic heterocycles. The zero-order valence-corrected chi connectivity index (χ0v) is 18.6. The number of hydrogen-bond donors (Lipinski definition) is 1. The van der Waals surface area contributed by atoms with Gasteiger partial charge in [0.1, 0.15) is 5.60 Å². The van der Waals surface area contributed by atoms with Gasteiger partial charge in [-0.1, -0.05) is 84.9 Å². The Kier molecular flexibility index (Phi) is 5.92. The van der Waals surface area contributed by atoms with E-state index in [1.807, 2.05) is 20.8 Å². The van der Waals surface area contributed by atoms with Gasteiger partial charge in [0.15, 0.2) is 0 Å². The van der Waals surface area contributed by atoms with Crippen LogP contribution in [0, 0.1) is 0 Å². The average Bonchev–Trinajstić information content (AvgIpc) is 3.06. The first-order chi connectivity index (χ1) is 14.4. The highest BCUT2D eigenvalue weighted by molar-refractivity contribution is 7.73. The highest BCUT2D eigenvalue weighted by atomic mass is 31.1. The summed E-state index contributed by atoms with van der Waals surface area (Å²) in [6.07, 6.45) is 0.580. The molecular weight excluding hydrogens is 389 g/mol. The van der Waals surface area contributed by atoms with Gasteiger partial charge in [-0.05, 0) is 56.8 Å². The fourth-order valence-electron chi connectivity index (χ4n) is 4.13. The first kappa shape index (κ1) is 20.6. The van der Waals surface area contributed by atoms with E-state index in [1.54, 1.807) is 0 Å². The van der Waals surface area contributed by atoms with E-state index in [2.05, 4.69) is 90.2 Å². The molecule has 0 heterocycles. The SMILES string of the molecule is CC(C)(C)OC(=O)N[C@H]1c2ccccc2C[C@@H]1P(c1ccccc1)c1ccccc1. The molecule has 0 fully saturated rings. The lowest BCUT2D eigenvalue weighted by Crippen LogP contribution is -2.39. The Bertz CT molecular complexity index is 959. The van der Waals surface area contributed by atoms with Crippen LogP contribution in [0.5, 0.6) is 0 Å². The number of fused-ring (bicyclic) bond motifs is 1. The van der Waals surface area contributed by atoms with Gasteiger partial charge in [0.05, 0.1) is 6.04 Å². The summed E-state index contributed by atoms with van der Waals surface area (Å²) in [5.74, 6) is 0. The highest BCUT2D eigenvalue weighted by Crippen LogP contribution is 2.51. The van der Waals surface area contributed by atoms with Crippen LogP contribution in [-0.4, -0.2) is 17.4 Å². The third-order valence-corrected chi connectivity index (χ3v) is 8.13. The largest absolute Gasteiger partial charge is 0.444 e. The number of benzene rings is 3. The summed E-state index contributed by atoms with van der Waals surface area (Å²) in [5.41, 5.74) is 2.24. The molecule has 30 heavy (non-hydrogen) atoms. The van der Waals surface area contributed by atoms with Gasteiger partial charge < -0.3 is 10.1 Å². The van der Waals surface area contributed by atoms with Gasteiger partial charge >= 0.3 is 6.09 Å². The van der Waals surface area contributed by atoms with Crippen molar-refractivity contribution >= 4 is 24.6 Å². The van der Waals surface area contributed by atoms with Crippen molar-refractivity contribution in [1.82, 2.24) is 5.32 Å². The van der Waals surface area contributed by atoms with E-state index in [0.717, 1.165) is 6.42 Å². The molecule has 154 valence electrons. The van der Waals surface area contributed by atoms with Crippen LogP contribution in [0.2, 0.25) is 0 Å².